The summed E-state index contributed by atoms with van der Waals surface area (Å²) in [5.74, 6) is -3.26. The van der Waals surface area contributed by atoms with Gasteiger partial charge in [0, 0.05) is 6.42 Å². The first-order valence-corrected chi connectivity index (χ1v) is 4.87. The summed E-state index contributed by atoms with van der Waals surface area (Å²) in [7, 11) is -4.97. The van der Waals surface area contributed by atoms with Crippen LogP contribution in [0.3, 0.4) is 0 Å². The lowest BCUT2D eigenvalue weighted by molar-refractivity contribution is -0.147. The molecule has 0 aliphatic carbocycles. The average Bonchev–Trinajstić information content (AvgIpc) is 1.99. The molecule has 88 valence electrons. The molecule has 0 saturated carbocycles. The Balaban J connectivity index is 4.56. The van der Waals surface area contributed by atoms with Crippen LogP contribution < -0.4 is 5.73 Å². The van der Waals surface area contributed by atoms with Crippen LogP contribution in [0.25, 0.3) is 0 Å². The molecule has 0 rings (SSSR count). The molecule has 10 heteroatoms. The number of carbonyl (C=O) groups is 2. The van der Waals surface area contributed by atoms with E-state index >= 15 is 0 Å². The number of aliphatic carboxylic acids is 2. The van der Waals surface area contributed by atoms with Gasteiger partial charge in [0.05, 0.1) is 0 Å². The molecule has 15 heavy (non-hydrogen) atoms. The number of hydrogen-bond donors (Lipinski definition) is 4. The molecule has 9 nitrogen and oxygen atoms in total. The quantitative estimate of drug-likeness (QED) is 0.388. The lowest BCUT2D eigenvalue weighted by atomic mass is 10.1. The van der Waals surface area contributed by atoms with Crippen molar-refractivity contribution in [2.45, 2.75) is 18.6 Å². The highest BCUT2D eigenvalue weighted by Crippen LogP contribution is 2.05. The number of rotatable bonds is 6. The van der Waals surface area contributed by atoms with Crippen molar-refractivity contribution in [2.24, 2.45) is 5.73 Å². The van der Waals surface area contributed by atoms with E-state index in [0.717, 1.165) is 0 Å². The van der Waals surface area contributed by atoms with Crippen LogP contribution in [0.5, 0.6) is 0 Å². The van der Waals surface area contributed by atoms with Crippen molar-refractivity contribution in [3.8, 4) is 0 Å². The number of carboxylic acids is 2. The lowest BCUT2D eigenvalue weighted by Gasteiger charge is -2.12. The molecule has 0 spiro atoms. The highest BCUT2D eigenvalue weighted by Gasteiger charge is 2.29. The van der Waals surface area contributed by atoms with Crippen molar-refractivity contribution in [2.75, 3.05) is 0 Å². The Hall–Kier alpha value is -1.23. The molecule has 0 aliphatic heterocycles. The Morgan fingerprint density at radius 2 is 1.73 bits per heavy atom. The topological polar surface area (TPSA) is 164 Å². The second kappa shape index (κ2) is 5.02. The van der Waals surface area contributed by atoms with Crippen molar-refractivity contribution in [1.82, 2.24) is 0 Å². The summed E-state index contributed by atoms with van der Waals surface area (Å²) in [4.78, 5) is 20.6. The summed E-state index contributed by atoms with van der Waals surface area (Å²) in [6.07, 6.45) is -2.82. The summed E-state index contributed by atoms with van der Waals surface area (Å²) < 4.78 is 32.3. The van der Waals surface area contributed by atoms with E-state index in [1.807, 2.05) is 0 Å². The fraction of sp³-hybridized carbons (Fsp3) is 0.600. The third kappa shape index (κ3) is 5.96. The van der Waals surface area contributed by atoms with Gasteiger partial charge in [-0.05, 0) is 0 Å². The molecule has 0 aromatic rings. The molecule has 0 unspecified atom stereocenters. The van der Waals surface area contributed by atoms with Gasteiger partial charge in [0.1, 0.15) is 6.04 Å². The molecule has 0 heterocycles. The van der Waals surface area contributed by atoms with Gasteiger partial charge in [-0.15, -0.1) is 0 Å². The van der Waals surface area contributed by atoms with Crippen LogP contribution in [0.1, 0.15) is 6.42 Å². The Labute approximate surface area is 84.4 Å². The van der Waals surface area contributed by atoms with Gasteiger partial charge in [0.2, 0.25) is 0 Å². The Kier molecular flexibility index (Phi) is 4.61. The predicted octanol–water partition coefficient (Wildman–Crippen LogP) is -1.94. The number of hydrogen-bond acceptors (Lipinski definition) is 6. The fourth-order valence-corrected chi connectivity index (χ4v) is 1.11. The molecular weight excluding hydrogens is 234 g/mol. The second-order valence-corrected chi connectivity index (χ2v) is 3.58. The molecule has 0 aromatic heterocycles. The fourth-order valence-electron chi connectivity index (χ4n) is 0.659. The van der Waals surface area contributed by atoms with Gasteiger partial charge in [-0.25, -0.2) is 8.98 Å². The van der Waals surface area contributed by atoms with E-state index in [0.29, 0.717) is 0 Å². The number of carboxylic acid groups (broad SMARTS) is 2. The van der Waals surface area contributed by atoms with Crippen molar-refractivity contribution in [3.05, 3.63) is 0 Å². The van der Waals surface area contributed by atoms with E-state index in [9.17, 15) is 18.0 Å². The summed E-state index contributed by atoms with van der Waals surface area (Å²) in [6.45, 7) is 0. The number of nitrogens with two attached hydrogens (primary N) is 1. The van der Waals surface area contributed by atoms with E-state index < -0.39 is 40.9 Å². The predicted molar refractivity (Wildman–Crippen MR) is 44.3 cm³/mol. The largest absolute Gasteiger partial charge is 0.480 e. The molecule has 5 N–H and O–H groups in total. The summed E-state index contributed by atoms with van der Waals surface area (Å²) in [5, 5.41) is 16.7. The maximum Gasteiger partial charge on any atom is 0.398 e. The van der Waals surface area contributed by atoms with E-state index in [-0.39, 0.29) is 0 Å². The maximum absolute atomic E-state index is 10.4. The van der Waals surface area contributed by atoms with Crippen LogP contribution in [-0.4, -0.2) is 47.3 Å². The zero-order valence-corrected chi connectivity index (χ0v) is 8.05. The van der Waals surface area contributed by atoms with Crippen molar-refractivity contribution in [3.63, 3.8) is 0 Å². The maximum atomic E-state index is 10.4. The third-order valence-corrected chi connectivity index (χ3v) is 1.77. The zero-order chi connectivity index (χ0) is 12.2. The molecule has 0 saturated heterocycles. The minimum absolute atomic E-state index is 0.787. The molecule has 0 fully saturated rings. The third-order valence-electron chi connectivity index (χ3n) is 1.30. The van der Waals surface area contributed by atoms with Gasteiger partial charge in [-0.2, -0.15) is 8.42 Å². The standard InChI is InChI=1S/C5H9NO8S/c6-2(4(7)8)1-3(5(9)10)14-15(11,12)13/h2-3H,1,6H2,(H,7,8)(H,9,10)(H,11,12,13)/t2-,3-/m0/s1. The van der Waals surface area contributed by atoms with Gasteiger partial charge < -0.3 is 15.9 Å². The SMILES string of the molecule is N[C@@H](C[C@H](OS(=O)(=O)O)C(=O)O)C(=O)O. The minimum Gasteiger partial charge on any atom is -0.480 e. The normalized spacial score (nSPS) is 15.6. The molecule has 0 aliphatic rings. The van der Waals surface area contributed by atoms with Crippen LogP contribution >= 0.6 is 0 Å². The highest BCUT2D eigenvalue weighted by molar-refractivity contribution is 7.80. The van der Waals surface area contributed by atoms with Crippen molar-refractivity contribution < 1.29 is 37.0 Å². The van der Waals surface area contributed by atoms with Crippen molar-refractivity contribution in [1.29, 1.82) is 0 Å². The first-order valence-electron chi connectivity index (χ1n) is 3.50. The first-order chi connectivity index (χ1) is 6.63. The summed E-state index contributed by atoms with van der Waals surface area (Å²) >= 11 is 0. The van der Waals surface area contributed by atoms with Crippen LogP contribution in [0.15, 0.2) is 0 Å². The Morgan fingerprint density at radius 3 is 2.00 bits per heavy atom. The van der Waals surface area contributed by atoms with E-state index in [1.54, 1.807) is 0 Å². The van der Waals surface area contributed by atoms with Crippen LogP contribution in [0.4, 0.5) is 0 Å². The summed E-state index contributed by atoms with van der Waals surface area (Å²) in [6, 6.07) is -1.60. The van der Waals surface area contributed by atoms with Crippen LogP contribution in [0, 0.1) is 0 Å². The van der Waals surface area contributed by atoms with Gasteiger partial charge in [-0.3, -0.25) is 9.35 Å². The van der Waals surface area contributed by atoms with Crippen molar-refractivity contribution >= 4 is 22.3 Å². The smallest absolute Gasteiger partial charge is 0.398 e. The molecule has 0 amide bonds. The molecular formula is C5H9NO8S. The monoisotopic (exact) mass is 243 g/mol. The van der Waals surface area contributed by atoms with Gasteiger partial charge in [0.15, 0.2) is 6.10 Å². The van der Waals surface area contributed by atoms with E-state index in [2.05, 4.69) is 4.18 Å². The lowest BCUT2D eigenvalue weighted by Crippen LogP contribution is -2.38. The summed E-state index contributed by atoms with van der Waals surface area (Å²) in [5.41, 5.74) is 4.95. The van der Waals surface area contributed by atoms with E-state index in [1.165, 1.54) is 0 Å². The van der Waals surface area contributed by atoms with Gasteiger partial charge in [-0.1, -0.05) is 0 Å². The minimum atomic E-state index is -4.97. The van der Waals surface area contributed by atoms with Gasteiger partial charge in [0.25, 0.3) is 0 Å². The molecule has 2 atom stereocenters. The first kappa shape index (κ1) is 13.8. The molecule has 0 radical (unpaired) electrons. The molecule has 0 bridgehead atoms. The second-order valence-electron chi connectivity index (χ2n) is 2.53. The average molecular weight is 243 g/mol. The molecule has 0 aromatic carbocycles. The Bertz CT molecular complexity index is 348. The zero-order valence-electron chi connectivity index (χ0n) is 7.23. The van der Waals surface area contributed by atoms with E-state index in [4.69, 9.17) is 20.5 Å². The Morgan fingerprint density at radius 1 is 1.27 bits per heavy atom. The highest BCUT2D eigenvalue weighted by atomic mass is 32.3. The van der Waals surface area contributed by atoms with Crippen LogP contribution in [-0.2, 0) is 24.2 Å². The van der Waals surface area contributed by atoms with Gasteiger partial charge >= 0.3 is 22.3 Å². The van der Waals surface area contributed by atoms with Crippen LogP contribution in [0.2, 0.25) is 0 Å².